The maximum absolute atomic E-state index is 12.8. The van der Waals surface area contributed by atoms with Gasteiger partial charge in [0.1, 0.15) is 5.76 Å². The minimum Gasteiger partial charge on any atom is -0.464 e. The number of carbonyl (C=O) groups is 2. The second kappa shape index (κ2) is 8.71. The monoisotopic (exact) mass is 470 g/mol. The maximum Gasteiger partial charge on any atom is 0.249 e. The van der Waals surface area contributed by atoms with Gasteiger partial charge in [0.2, 0.25) is 5.91 Å². The first-order valence-electron chi connectivity index (χ1n) is 11.7. The van der Waals surface area contributed by atoms with E-state index in [1.807, 2.05) is 91.0 Å². The van der Waals surface area contributed by atoms with Crippen molar-refractivity contribution in [2.45, 2.75) is 6.54 Å². The van der Waals surface area contributed by atoms with E-state index in [1.165, 1.54) is 0 Å². The number of primary amides is 1. The van der Waals surface area contributed by atoms with Gasteiger partial charge in [-0.25, -0.2) is 0 Å². The van der Waals surface area contributed by atoms with Crippen LogP contribution in [-0.2, 0) is 6.54 Å². The fourth-order valence-electron chi connectivity index (χ4n) is 4.82. The van der Waals surface area contributed by atoms with Crippen LogP contribution in [0.4, 0.5) is 0 Å². The van der Waals surface area contributed by atoms with Gasteiger partial charge < -0.3 is 14.7 Å². The Balaban J connectivity index is 1.46. The number of fused-ring (bicyclic) bond motifs is 3. The van der Waals surface area contributed by atoms with Crippen molar-refractivity contribution in [3.05, 3.63) is 132 Å². The Morgan fingerprint density at radius 1 is 0.750 bits per heavy atom. The first kappa shape index (κ1) is 21.6. The minimum atomic E-state index is -0.460. The van der Waals surface area contributed by atoms with Gasteiger partial charge in [-0.1, -0.05) is 72.8 Å². The van der Waals surface area contributed by atoms with Crippen LogP contribution in [0.25, 0.3) is 33.1 Å². The van der Waals surface area contributed by atoms with Crippen molar-refractivity contribution < 1.29 is 14.0 Å². The quantitative estimate of drug-likeness (QED) is 0.285. The summed E-state index contributed by atoms with van der Waals surface area (Å²) in [6, 6.07) is 32.4. The summed E-state index contributed by atoms with van der Waals surface area (Å²) in [5, 5.41) is 1.78. The van der Waals surface area contributed by atoms with Crippen molar-refractivity contribution in [1.82, 2.24) is 4.57 Å². The predicted molar refractivity (Wildman–Crippen MR) is 141 cm³/mol. The molecule has 0 atom stereocenters. The molecule has 0 spiro atoms. The van der Waals surface area contributed by atoms with Crippen LogP contribution in [0.3, 0.4) is 0 Å². The molecule has 0 unspecified atom stereocenters. The number of benzene rings is 4. The van der Waals surface area contributed by atoms with Crippen molar-refractivity contribution in [1.29, 1.82) is 0 Å². The third-order valence-corrected chi connectivity index (χ3v) is 6.56. The Bertz CT molecular complexity index is 1730. The van der Waals surface area contributed by atoms with Crippen LogP contribution in [0.1, 0.15) is 31.8 Å². The molecule has 0 radical (unpaired) electrons. The minimum absolute atomic E-state index is 0.00629. The number of carbonyl (C=O) groups excluding carboxylic acids is 2. The van der Waals surface area contributed by atoms with Crippen LogP contribution in [0.5, 0.6) is 0 Å². The smallest absolute Gasteiger partial charge is 0.249 e. The summed E-state index contributed by atoms with van der Waals surface area (Å²) < 4.78 is 7.80. The normalized spacial score (nSPS) is 11.2. The van der Waals surface area contributed by atoms with Crippen LogP contribution in [0, 0.1) is 0 Å². The molecule has 0 fully saturated rings. The molecule has 1 amide bonds. The highest BCUT2D eigenvalue weighted by molar-refractivity contribution is 6.18. The summed E-state index contributed by atoms with van der Waals surface area (Å²) in [6.07, 6.45) is 1.65. The Morgan fingerprint density at radius 2 is 1.53 bits per heavy atom. The zero-order valence-electron chi connectivity index (χ0n) is 19.3. The summed E-state index contributed by atoms with van der Waals surface area (Å²) in [5.74, 6) is 0.305. The van der Waals surface area contributed by atoms with Gasteiger partial charge in [0.25, 0.3) is 0 Å². The van der Waals surface area contributed by atoms with Crippen LogP contribution in [-0.4, -0.2) is 16.3 Å². The van der Waals surface area contributed by atoms with Crippen molar-refractivity contribution in [3.63, 3.8) is 0 Å². The molecule has 5 nitrogen and oxygen atoms in total. The molecule has 2 N–H and O–H groups in total. The van der Waals surface area contributed by atoms with Gasteiger partial charge in [-0.05, 0) is 35.9 Å². The molecule has 2 heterocycles. The third kappa shape index (κ3) is 3.67. The number of ketones is 1. The van der Waals surface area contributed by atoms with Crippen molar-refractivity contribution in [2.24, 2.45) is 5.73 Å². The molecule has 0 aliphatic heterocycles. The number of hydrogen-bond acceptors (Lipinski definition) is 3. The molecule has 174 valence electrons. The first-order chi connectivity index (χ1) is 17.6. The lowest BCUT2D eigenvalue weighted by Gasteiger charge is -2.10. The zero-order valence-corrected chi connectivity index (χ0v) is 19.3. The number of rotatable bonds is 6. The molecule has 4 aromatic carbocycles. The molecule has 6 rings (SSSR count). The summed E-state index contributed by atoms with van der Waals surface area (Å²) in [7, 11) is 0. The molecule has 0 bridgehead atoms. The second-order valence-electron chi connectivity index (χ2n) is 8.75. The fourth-order valence-corrected chi connectivity index (χ4v) is 4.82. The van der Waals surface area contributed by atoms with Crippen LogP contribution >= 0.6 is 0 Å². The predicted octanol–water partition coefficient (Wildman–Crippen LogP) is 6.43. The lowest BCUT2D eigenvalue weighted by atomic mass is 10.0. The van der Waals surface area contributed by atoms with E-state index in [2.05, 4.69) is 10.6 Å². The first-order valence-corrected chi connectivity index (χ1v) is 11.7. The van der Waals surface area contributed by atoms with Gasteiger partial charge in [-0.2, -0.15) is 0 Å². The largest absolute Gasteiger partial charge is 0.464 e. The summed E-state index contributed by atoms with van der Waals surface area (Å²) >= 11 is 0. The molecule has 36 heavy (non-hydrogen) atoms. The van der Waals surface area contributed by atoms with Crippen LogP contribution in [0.15, 0.2) is 114 Å². The van der Waals surface area contributed by atoms with Gasteiger partial charge in [0, 0.05) is 39.6 Å². The van der Waals surface area contributed by atoms with E-state index >= 15 is 0 Å². The maximum atomic E-state index is 12.8. The number of aromatic nitrogens is 1. The van der Waals surface area contributed by atoms with E-state index in [0.29, 0.717) is 23.2 Å². The zero-order chi connectivity index (χ0) is 24.6. The van der Waals surface area contributed by atoms with E-state index in [9.17, 15) is 9.59 Å². The summed E-state index contributed by atoms with van der Waals surface area (Å²) in [6.45, 7) is 0.559. The van der Waals surface area contributed by atoms with Gasteiger partial charge >= 0.3 is 0 Å². The molecule has 5 heteroatoms. The Kier molecular flexibility index (Phi) is 5.23. The number of nitrogens with zero attached hydrogens (tertiary/aromatic N) is 1. The van der Waals surface area contributed by atoms with Gasteiger partial charge in [-0.15, -0.1) is 0 Å². The van der Waals surface area contributed by atoms with Crippen molar-refractivity contribution in [2.75, 3.05) is 0 Å². The number of furan rings is 1. The average molecular weight is 471 g/mol. The van der Waals surface area contributed by atoms with Gasteiger partial charge in [-0.3, -0.25) is 9.59 Å². The molecule has 0 aliphatic rings. The lowest BCUT2D eigenvalue weighted by molar-refractivity contribution is 0.1000. The molecule has 0 saturated carbocycles. The van der Waals surface area contributed by atoms with E-state index < -0.39 is 5.91 Å². The molecule has 6 aromatic rings. The SMILES string of the molecule is NC(=O)c1cccc2c1c1ccc(-c3ccco3)cc1n2Cc1ccc(C(=O)c2ccccc2)cc1. The standard InChI is InChI=1S/C31H22N2O3/c32-31(35)25-8-4-9-26-29(25)24-16-15-23(28-10-5-17-36-28)18-27(24)33(26)19-20-11-13-22(14-12-20)30(34)21-6-2-1-3-7-21/h1-18H,19H2,(H2,32,35). The molecule has 2 aromatic heterocycles. The van der Waals surface area contributed by atoms with E-state index in [4.69, 9.17) is 10.2 Å². The summed E-state index contributed by atoms with van der Waals surface area (Å²) in [4.78, 5) is 25.1. The molecule has 0 saturated heterocycles. The molecular weight excluding hydrogens is 448 g/mol. The summed E-state index contributed by atoms with van der Waals surface area (Å²) in [5.41, 5.74) is 11.4. The van der Waals surface area contributed by atoms with E-state index in [1.54, 1.807) is 12.3 Å². The topological polar surface area (TPSA) is 78.2 Å². The highest BCUT2D eigenvalue weighted by Crippen LogP contribution is 2.35. The van der Waals surface area contributed by atoms with Gasteiger partial charge in [0.15, 0.2) is 5.78 Å². The average Bonchev–Trinajstić information content (AvgIpc) is 3.56. The van der Waals surface area contributed by atoms with Crippen LogP contribution < -0.4 is 5.73 Å². The van der Waals surface area contributed by atoms with Crippen molar-refractivity contribution in [3.8, 4) is 11.3 Å². The Hall–Kier alpha value is -4.90. The van der Waals surface area contributed by atoms with Crippen LogP contribution in [0.2, 0.25) is 0 Å². The Morgan fingerprint density at radius 3 is 2.25 bits per heavy atom. The van der Waals surface area contributed by atoms with Gasteiger partial charge in [0.05, 0.1) is 17.3 Å². The highest BCUT2D eigenvalue weighted by atomic mass is 16.3. The third-order valence-electron chi connectivity index (χ3n) is 6.56. The van der Waals surface area contributed by atoms with E-state index in [-0.39, 0.29) is 5.78 Å². The number of amides is 1. The highest BCUT2D eigenvalue weighted by Gasteiger charge is 2.18. The lowest BCUT2D eigenvalue weighted by Crippen LogP contribution is -2.11. The Labute approximate surface area is 207 Å². The van der Waals surface area contributed by atoms with E-state index in [0.717, 1.165) is 38.7 Å². The number of hydrogen-bond donors (Lipinski definition) is 1. The number of nitrogens with two attached hydrogens (primary N) is 1. The fraction of sp³-hybridized carbons (Fsp3) is 0.0323. The molecule has 0 aliphatic carbocycles. The molecular formula is C31H22N2O3. The second-order valence-corrected chi connectivity index (χ2v) is 8.75. The van der Waals surface area contributed by atoms with Crippen molar-refractivity contribution >= 4 is 33.5 Å².